The molecule has 1 aromatic rings. The summed E-state index contributed by atoms with van der Waals surface area (Å²) < 4.78 is 5.46. The maximum Gasteiger partial charge on any atom is 0.323 e. The van der Waals surface area contributed by atoms with Crippen molar-refractivity contribution in [1.29, 1.82) is 0 Å². The van der Waals surface area contributed by atoms with Crippen molar-refractivity contribution in [2.45, 2.75) is 40.0 Å². The van der Waals surface area contributed by atoms with E-state index in [0.29, 0.717) is 18.6 Å². The van der Waals surface area contributed by atoms with E-state index in [1.54, 1.807) is 0 Å². The van der Waals surface area contributed by atoms with Crippen LogP contribution in [-0.2, 0) is 0 Å². The fraction of sp³-hybridized carbons (Fsp3) is 0.786. The average molecular weight is 279 g/mol. The van der Waals surface area contributed by atoms with Crippen molar-refractivity contribution in [2.24, 2.45) is 11.8 Å². The maximum atomic E-state index is 5.74. The zero-order chi connectivity index (χ0) is 14.5. The van der Waals surface area contributed by atoms with E-state index < -0.39 is 0 Å². The Kier molecular flexibility index (Phi) is 4.98. The Bertz CT molecular complexity index is 430. The predicted molar refractivity (Wildman–Crippen MR) is 79.8 cm³/mol. The monoisotopic (exact) mass is 279 g/mol. The van der Waals surface area contributed by atoms with Crippen LogP contribution in [0.1, 0.15) is 40.0 Å². The largest absolute Gasteiger partial charge is 0.463 e. The zero-order valence-electron chi connectivity index (χ0n) is 12.7. The third-order valence-electron chi connectivity index (χ3n) is 3.82. The Morgan fingerprint density at radius 1 is 1.25 bits per heavy atom. The van der Waals surface area contributed by atoms with Gasteiger partial charge in [-0.3, -0.25) is 0 Å². The van der Waals surface area contributed by atoms with Crippen molar-refractivity contribution >= 4 is 11.9 Å². The van der Waals surface area contributed by atoms with Crippen LogP contribution in [0.5, 0.6) is 6.01 Å². The van der Waals surface area contributed by atoms with Gasteiger partial charge in [-0.15, -0.1) is 0 Å². The van der Waals surface area contributed by atoms with Gasteiger partial charge in [-0.1, -0.05) is 20.8 Å². The lowest BCUT2D eigenvalue weighted by atomic mass is 9.87. The van der Waals surface area contributed by atoms with Crippen molar-refractivity contribution in [3.05, 3.63) is 0 Å². The van der Waals surface area contributed by atoms with Crippen LogP contribution in [0.2, 0.25) is 0 Å². The van der Waals surface area contributed by atoms with Gasteiger partial charge in [-0.2, -0.15) is 15.0 Å². The molecule has 1 saturated heterocycles. The molecule has 1 aliphatic rings. The molecule has 112 valence electrons. The Balaban J connectivity index is 2.03. The number of hydrogen-bond donors (Lipinski definition) is 1. The summed E-state index contributed by atoms with van der Waals surface area (Å²) in [6.07, 6.45) is 3.27. The highest BCUT2D eigenvalue weighted by atomic mass is 16.5. The first-order valence-electron chi connectivity index (χ1n) is 7.49. The molecule has 0 amide bonds. The fourth-order valence-electron chi connectivity index (χ4n) is 2.53. The van der Waals surface area contributed by atoms with Gasteiger partial charge >= 0.3 is 6.01 Å². The SMILES string of the molecule is CCCOc1nc(N)nc(N2CCC(C(C)C)CC2)n1. The van der Waals surface area contributed by atoms with Crippen molar-refractivity contribution in [1.82, 2.24) is 15.0 Å². The highest BCUT2D eigenvalue weighted by Crippen LogP contribution is 2.26. The van der Waals surface area contributed by atoms with Crippen LogP contribution in [0.4, 0.5) is 11.9 Å². The number of aromatic nitrogens is 3. The number of nitrogens with zero attached hydrogens (tertiary/aromatic N) is 4. The Morgan fingerprint density at radius 3 is 2.55 bits per heavy atom. The summed E-state index contributed by atoms with van der Waals surface area (Å²) in [5.74, 6) is 2.41. The highest BCUT2D eigenvalue weighted by molar-refractivity contribution is 5.36. The second kappa shape index (κ2) is 6.72. The fourth-order valence-corrected chi connectivity index (χ4v) is 2.53. The minimum atomic E-state index is 0.229. The van der Waals surface area contributed by atoms with Crippen LogP contribution in [0.15, 0.2) is 0 Å². The molecule has 0 spiro atoms. The average Bonchev–Trinajstić information content (AvgIpc) is 2.44. The normalized spacial score (nSPS) is 16.7. The van der Waals surface area contributed by atoms with Crippen LogP contribution >= 0.6 is 0 Å². The van der Waals surface area contributed by atoms with E-state index in [1.165, 1.54) is 12.8 Å². The molecular weight excluding hydrogens is 254 g/mol. The summed E-state index contributed by atoms with van der Waals surface area (Å²) in [6, 6.07) is 0.334. The molecule has 0 saturated carbocycles. The molecule has 1 fully saturated rings. The summed E-state index contributed by atoms with van der Waals surface area (Å²) in [7, 11) is 0. The van der Waals surface area contributed by atoms with Crippen molar-refractivity contribution in [3.63, 3.8) is 0 Å². The molecule has 2 heterocycles. The van der Waals surface area contributed by atoms with Gasteiger partial charge in [0, 0.05) is 13.1 Å². The number of ether oxygens (including phenoxy) is 1. The van der Waals surface area contributed by atoms with Crippen molar-refractivity contribution < 1.29 is 4.74 Å². The number of anilines is 2. The first-order valence-corrected chi connectivity index (χ1v) is 7.49. The van der Waals surface area contributed by atoms with Crippen LogP contribution in [0.25, 0.3) is 0 Å². The number of rotatable bonds is 5. The zero-order valence-corrected chi connectivity index (χ0v) is 12.7. The topological polar surface area (TPSA) is 77.2 Å². The summed E-state index contributed by atoms with van der Waals surface area (Å²) in [5, 5.41) is 0. The molecule has 0 atom stereocenters. The lowest BCUT2D eigenvalue weighted by molar-refractivity contribution is 0.289. The van der Waals surface area contributed by atoms with E-state index in [0.717, 1.165) is 31.3 Å². The van der Waals surface area contributed by atoms with Gasteiger partial charge in [0.25, 0.3) is 0 Å². The molecular formula is C14H25N5O. The molecule has 0 aliphatic carbocycles. The van der Waals surface area contributed by atoms with Gasteiger partial charge in [0.2, 0.25) is 11.9 Å². The van der Waals surface area contributed by atoms with E-state index in [1.807, 2.05) is 6.92 Å². The summed E-state index contributed by atoms with van der Waals surface area (Å²) in [4.78, 5) is 14.8. The Hall–Kier alpha value is -1.59. The van der Waals surface area contributed by atoms with Gasteiger partial charge < -0.3 is 15.4 Å². The molecule has 2 rings (SSSR count). The second-order valence-corrected chi connectivity index (χ2v) is 5.69. The maximum absolute atomic E-state index is 5.74. The van der Waals surface area contributed by atoms with E-state index in [2.05, 4.69) is 33.7 Å². The molecule has 6 nitrogen and oxygen atoms in total. The standard InChI is InChI=1S/C14H25N5O/c1-4-9-20-14-17-12(15)16-13(18-14)19-7-5-11(6-8-19)10(2)3/h10-11H,4-9H2,1-3H3,(H2,15,16,17,18). The second-order valence-electron chi connectivity index (χ2n) is 5.69. The van der Waals surface area contributed by atoms with Gasteiger partial charge in [0.1, 0.15) is 0 Å². The van der Waals surface area contributed by atoms with Gasteiger partial charge in [-0.05, 0) is 31.1 Å². The van der Waals surface area contributed by atoms with E-state index >= 15 is 0 Å². The third kappa shape index (κ3) is 3.71. The summed E-state index contributed by atoms with van der Waals surface area (Å²) >= 11 is 0. The van der Waals surface area contributed by atoms with Gasteiger partial charge in [-0.25, -0.2) is 0 Å². The van der Waals surface area contributed by atoms with Crippen LogP contribution in [-0.4, -0.2) is 34.6 Å². The lowest BCUT2D eigenvalue weighted by Crippen LogP contribution is -2.36. The smallest absolute Gasteiger partial charge is 0.323 e. The quantitative estimate of drug-likeness (QED) is 0.889. The summed E-state index contributed by atoms with van der Waals surface area (Å²) in [5.41, 5.74) is 5.74. The molecule has 1 aromatic heterocycles. The molecule has 0 aromatic carbocycles. The van der Waals surface area contributed by atoms with E-state index in [9.17, 15) is 0 Å². The molecule has 0 radical (unpaired) electrons. The van der Waals surface area contributed by atoms with Gasteiger partial charge in [0.05, 0.1) is 6.61 Å². The van der Waals surface area contributed by atoms with Crippen molar-refractivity contribution in [2.75, 3.05) is 30.3 Å². The Labute approximate surface area is 120 Å². The van der Waals surface area contributed by atoms with Gasteiger partial charge in [0.15, 0.2) is 0 Å². The number of nitrogen functional groups attached to an aromatic ring is 1. The van der Waals surface area contributed by atoms with E-state index in [-0.39, 0.29) is 5.95 Å². The minimum Gasteiger partial charge on any atom is -0.463 e. The summed E-state index contributed by atoms with van der Waals surface area (Å²) in [6.45, 7) is 9.16. The number of piperidine rings is 1. The van der Waals surface area contributed by atoms with Crippen LogP contribution < -0.4 is 15.4 Å². The van der Waals surface area contributed by atoms with Crippen molar-refractivity contribution in [3.8, 4) is 6.01 Å². The molecule has 6 heteroatoms. The third-order valence-corrected chi connectivity index (χ3v) is 3.82. The Morgan fingerprint density at radius 2 is 1.95 bits per heavy atom. The molecule has 1 aliphatic heterocycles. The molecule has 20 heavy (non-hydrogen) atoms. The minimum absolute atomic E-state index is 0.229. The molecule has 2 N–H and O–H groups in total. The van der Waals surface area contributed by atoms with Crippen LogP contribution in [0, 0.1) is 11.8 Å². The number of hydrogen-bond acceptors (Lipinski definition) is 6. The van der Waals surface area contributed by atoms with Crippen LogP contribution in [0.3, 0.4) is 0 Å². The highest BCUT2D eigenvalue weighted by Gasteiger charge is 2.23. The van der Waals surface area contributed by atoms with E-state index in [4.69, 9.17) is 10.5 Å². The first-order chi connectivity index (χ1) is 9.60. The molecule has 0 bridgehead atoms. The predicted octanol–water partition coefficient (Wildman–Crippen LogP) is 2.12. The lowest BCUT2D eigenvalue weighted by Gasteiger charge is -2.33. The molecule has 0 unspecified atom stereocenters. The number of nitrogens with two attached hydrogens (primary N) is 1. The first kappa shape index (κ1) is 14.8.